The summed E-state index contributed by atoms with van der Waals surface area (Å²) in [7, 11) is 0. The second-order valence-corrected chi connectivity index (χ2v) is 1.93. The molecule has 0 aromatic heterocycles. The van der Waals surface area contributed by atoms with Crippen molar-refractivity contribution in [3.05, 3.63) is 0 Å². The molecular weight excluding hydrogens is 268 g/mol. The Hall–Kier alpha value is 3.32. The van der Waals surface area contributed by atoms with Gasteiger partial charge in [0.2, 0.25) is 0 Å². The molecule has 0 aliphatic rings. The second kappa shape index (κ2) is 20.7. The molecule has 12 heteroatoms. The monoisotopic (exact) mass is 268 g/mol. The molecule has 0 saturated carbocycles. The molecule has 0 unspecified atom stereocenters. The van der Waals surface area contributed by atoms with Crippen LogP contribution in [0, 0.1) is 0 Å². The number of carbonyl (C=O) groups is 1. The van der Waals surface area contributed by atoms with Crippen LogP contribution < -0.4 is 137 Å². The molecule has 0 heterocycles. The molecule has 0 rings (SSSR count). The Balaban J connectivity index is -0.0000000146. The van der Waals surface area contributed by atoms with Crippen LogP contribution in [0.1, 0.15) is 0 Å². The maximum absolute atomic E-state index is 8.59. The summed E-state index contributed by atoms with van der Waals surface area (Å²) in [5, 5.41) is 16.7. The average Bonchev–Trinajstić information content (AvgIpc) is 1.19. The third kappa shape index (κ3) is 246. The van der Waals surface area contributed by atoms with Crippen molar-refractivity contribution in [3.63, 3.8) is 0 Å². The van der Waals surface area contributed by atoms with E-state index < -0.39 is 19.8 Å². The van der Waals surface area contributed by atoms with Crippen molar-refractivity contribution in [2.24, 2.45) is 0 Å². The van der Waals surface area contributed by atoms with E-state index in [1.165, 1.54) is 0 Å². The van der Waals surface area contributed by atoms with Crippen molar-refractivity contribution in [3.8, 4) is 0 Å². The fraction of sp³-hybridized carbons (Fsp3) is 0. The first kappa shape index (κ1) is 36.0. The number of rotatable bonds is 0. The number of carbonyl (C=O) groups excluding carboxylic acids is 1. The predicted octanol–water partition coefficient (Wildman–Crippen LogP) is -17.0. The first-order valence-corrected chi connectivity index (χ1v) is 3.36. The topological polar surface area (TPSA) is 143 Å². The summed E-state index contributed by atoms with van der Waals surface area (Å²) >= 11 is -5.75. The van der Waals surface area contributed by atoms with E-state index in [0.717, 1.165) is 0 Å². The molecule has 0 spiro atoms. The summed E-state index contributed by atoms with van der Waals surface area (Å²) in [4.78, 5) is 8.33. The van der Waals surface area contributed by atoms with E-state index in [1.54, 1.807) is 0 Å². The van der Waals surface area contributed by atoms with Crippen molar-refractivity contribution < 1.29 is 163 Å². The average molecular weight is 268 g/mol. The minimum atomic E-state index is -5.75. The Kier molecular flexibility index (Phi) is 57.3. The Morgan fingerprint density at radius 3 is 0.846 bits per heavy atom. The molecule has 0 fully saturated rings. The van der Waals surface area contributed by atoms with Crippen molar-refractivity contribution in [2.75, 3.05) is 0 Å². The zero-order valence-electron chi connectivity index (χ0n) is 7.77. The van der Waals surface area contributed by atoms with Crippen LogP contribution in [0.25, 0.3) is 0 Å². The van der Waals surface area contributed by atoms with Gasteiger partial charge in [-0.15, -0.1) is 0 Å². The minimum absolute atomic E-state index is 0. The van der Waals surface area contributed by atoms with Gasteiger partial charge in [-0.3, -0.25) is 0 Å². The second-order valence-electron chi connectivity index (χ2n) is 0.658. The summed E-state index contributed by atoms with van der Waals surface area (Å²) in [5.74, 6) is 0. The molecule has 0 aromatic carbocycles. The number of carboxylic acid groups (broad SMARTS) is 2. The van der Waals surface area contributed by atoms with Crippen LogP contribution in [0.3, 0.4) is 0 Å². The van der Waals surface area contributed by atoms with Crippen LogP contribution in [0.5, 0.6) is 0 Å². The van der Waals surface area contributed by atoms with Crippen LogP contribution in [-0.4, -0.2) is 6.16 Å². The zero-order valence-corrected chi connectivity index (χ0v) is 17.0. The van der Waals surface area contributed by atoms with E-state index in [0.29, 0.717) is 0 Å². The van der Waals surface area contributed by atoms with Gasteiger partial charge in [-0.25, -0.2) is 0 Å². The summed E-state index contributed by atoms with van der Waals surface area (Å²) in [6.45, 7) is 0. The Morgan fingerprint density at radius 2 is 0.846 bits per heavy atom. The van der Waals surface area contributed by atoms with Gasteiger partial charge in [0.1, 0.15) is 0 Å². The van der Waals surface area contributed by atoms with Crippen LogP contribution in [0.15, 0.2) is 0 Å². The normalized spacial score (nSPS) is 6.31. The zero-order chi connectivity index (χ0) is 8.08. The van der Waals surface area contributed by atoms with Gasteiger partial charge in [0.15, 0.2) is 0 Å². The summed E-state index contributed by atoms with van der Waals surface area (Å²) in [6.07, 6.45) is -2.33. The summed E-state index contributed by atoms with van der Waals surface area (Å²) in [6, 6.07) is 0. The SMILES string of the molecule is O=C([O-])[O-].[Na+].[Na+].[Na+].[Na+].[O]=[Cr](=[O])([O-])[O-]. The Labute approximate surface area is 165 Å². The van der Waals surface area contributed by atoms with E-state index in [-0.39, 0.29) is 118 Å². The van der Waals surface area contributed by atoms with Gasteiger partial charge in [-0.1, -0.05) is 0 Å². The predicted molar refractivity (Wildman–Crippen MR) is 6.77 cm³/mol. The van der Waals surface area contributed by atoms with Gasteiger partial charge in [0, 0.05) is 0 Å². The summed E-state index contributed by atoms with van der Waals surface area (Å²) in [5.41, 5.74) is 0. The van der Waals surface area contributed by atoms with E-state index in [2.05, 4.69) is 0 Å². The van der Waals surface area contributed by atoms with Gasteiger partial charge < -0.3 is 15.0 Å². The van der Waals surface area contributed by atoms with Crippen LogP contribution >= 0.6 is 0 Å². The molecule has 0 aliphatic carbocycles. The van der Waals surface area contributed by atoms with E-state index in [9.17, 15) is 0 Å². The number of hydrogen-bond acceptors (Lipinski definition) is 7. The molecule has 0 saturated heterocycles. The molecule has 0 aromatic rings. The maximum atomic E-state index is 8.59. The molecule has 0 radical (unpaired) electrons. The van der Waals surface area contributed by atoms with Gasteiger partial charge in [0.05, 0.1) is 0 Å². The van der Waals surface area contributed by atoms with Crippen molar-refractivity contribution in [1.29, 1.82) is 0 Å². The molecule has 0 aliphatic heterocycles. The molecule has 0 amide bonds. The van der Waals surface area contributed by atoms with Gasteiger partial charge in [-0.2, -0.15) is 0 Å². The van der Waals surface area contributed by atoms with Crippen LogP contribution in [0.4, 0.5) is 4.79 Å². The van der Waals surface area contributed by atoms with Crippen molar-refractivity contribution in [2.45, 2.75) is 0 Å². The first-order chi connectivity index (χ1) is 3.73. The third-order valence-electron chi connectivity index (χ3n) is 0. The molecule has 13 heavy (non-hydrogen) atoms. The summed E-state index contributed by atoms with van der Waals surface area (Å²) < 4.78 is 34.4. The van der Waals surface area contributed by atoms with Crippen LogP contribution in [0.2, 0.25) is 0 Å². The van der Waals surface area contributed by atoms with Gasteiger partial charge in [0.25, 0.3) is 0 Å². The molecular formula is CCrNa4O7. The van der Waals surface area contributed by atoms with Gasteiger partial charge in [-0.05, 0) is 6.16 Å². The van der Waals surface area contributed by atoms with Crippen molar-refractivity contribution in [1.82, 2.24) is 0 Å². The fourth-order valence-electron chi connectivity index (χ4n) is 0. The Morgan fingerprint density at radius 1 is 0.846 bits per heavy atom. The van der Waals surface area contributed by atoms with Gasteiger partial charge >= 0.3 is 148 Å². The van der Waals surface area contributed by atoms with E-state index >= 15 is 0 Å². The fourth-order valence-corrected chi connectivity index (χ4v) is 0. The molecule has 0 atom stereocenters. The van der Waals surface area contributed by atoms with Crippen molar-refractivity contribution >= 4 is 6.16 Å². The molecule has 0 N–H and O–H groups in total. The third-order valence-corrected chi connectivity index (χ3v) is 0. The molecule has 0 bridgehead atoms. The first-order valence-electron chi connectivity index (χ1n) is 1.28. The quantitative estimate of drug-likeness (QED) is 0.396. The Bertz CT molecular complexity index is 163. The van der Waals surface area contributed by atoms with E-state index in [1.807, 2.05) is 0 Å². The number of hydrogen-bond donors (Lipinski definition) is 0. The van der Waals surface area contributed by atoms with Crippen LogP contribution in [-0.2, 0) is 21.2 Å². The standard InChI is InChI=1S/CH2O3.Cr.4Na.4O/c2-1(3)4;;;;;;;;;/h(H2,2,3,4);;;;;;;;;/q;;4*+1;;;2*-1/p-2. The molecule has 7 nitrogen and oxygen atoms in total. The van der Waals surface area contributed by atoms with E-state index in [4.69, 9.17) is 30.9 Å². The molecule has 56 valence electrons.